The van der Waals surface area contributed by atoms with E-state index in [-0.39, 0.29) is 23.8 Å². The largest absolute Gasteiger partial charge is 0.333 e. The van der Waals surface area contributed by atoms with Gasteiger partial charge in [0.05, 0.1) is 0 Å². The van der Waals surface area contributed by atoms with E-state index in [0.29, 0.717) is 0 Å². The maximum absolute atomic E-state index is 13.0. The van der Waals surface area contributed by atoms with Crippen molar-refractivity contribution in [1.82, 2.24) is 4.90 Å². The molecule has 0 saturated carbocycles. The van der Waals surface area contributed by atoms with Crippen molar-refractivity contribution in [1.29, 1.82) is 0 Å². The smallest absolute Gasteiger partial charge is 0.254 e. The molecule has 0 unspecified atom stereocenters. The summed E-state index contributed by atoms with van der Waals surface area (Å²) in [5.74, 6) is -0.0631. The topological polar surface area (TPSA) is 20.3 Å². The van der Waals surface area contributed by atoms with Gasteiger partial charge in [-0.2, -0.15) is 0 Å². The minimum atomic E-state index is -0.204. The van der Waals surface area contributed by atoms with Gasteiger partial charge in [-0.3, -0.25) is 4.79 Å². The van der Waals surface area contributed by atoms with Crippen molar-refractivity contribution in [3.63, 3.8) is 0 Å². The zero-order valence-corrected chi connectivity index (χ0v) is 14.3. The van der Waals surface area contributed by atoms with Crippen LogP contribution in [-0.4, -0.2) is 22.9 Å². The molecule has 0 aromatic heterocycles. The second-order valence-electron chi connectivity index (χ2n) is 6.77. The molecule has 1 amide bonds. The fraction of sp³-hybridized carbons (Fsp3) is 0.381. The Kier molecular flexibility index (Phi) is 4.98. The van der Waals surface area contributed by atoms with Crippen LogP contribution in [0.1, 0.15) is 47.7 Å². The summed E-state index contributed by atoms with van der Waals surface area (Å²) in [5, 5.41) is 0. The van der Waals surface area contributed by atoms with Crippen LogP contribution in [0.3, 0.4) is 0 Å². The number of nitrogens with zero attached hydrogens (tertiary/aromatic N) is 1. The second-order valence-corrected chi connectivity index (χ2v) is 6.77. The van der Waals surface area contributed by atoms with Gasteiger partial charge in [0, 0.05) is 17.6 Å². The van der Waals surface area contributed by atoms with E-state index in [9.17, 15) is 9.18 Å². The van der Waals surface area contributed by atoms with E-state index < -0.39 is 0 Å². The lowest BCUT2D eigenvalue weighted by Crippen LogP contribution is -2.40. The van der Waals surface area contributed by atoms with Gasteiger partial charge in [0.1, 0.15) is 5.82 Å². The SMILES string of the molecule is Cc1ccccc1C(=O)N1[C@@H](CCc2ccc(F)cc2)CC[C@H]1C. The average molecular weight is 325 g/mol. The van der Waals surface area contributed by atoms with Crippen LogP contribution in [0.15, 0.2) is 48.5 Å². The van der Waals surface area contributed by atoms with Crippen LogP contribution in [-0.2, 0) is 6.42 Å². The van der Waals surface area contributed by atoms with Crippen LogP contribution in [0.2, 0.25) is 0 Å². The molecule has 1 aliphatic rings. The minimum Gasteiger partial charge on any atom is -0.333 e. The van der Waals surface area contributed by atoms with Gasteiger partial charge in [-0.05, 0) is 68.9 Å². The second kappa shape index (κ2) is 7.16. The molecule has 1 heterocycles. The first kappa shape index (κ1) is 16.7. The van der Waals surface area contributed by atoms with Crippen LogP contribution >= 0.6 is 0 Å². The number of likely N-dealkylation sites (tertiary alicyclic amines) is 1. The van der Waals surface area contributed by atoms with Crippen LogP contribution in [0, 0.1) is 12.7 Å². The van der Waals surface area contributed by atoms with Crippen LogP contribution < -0.4 is 0 Å². The van der Waals surface area contributed by atoms with Crippen molar-refractivity contribution in [3.05, 3.63) is 71.0 Å². The third-order valence-corrected chi connectivity index (χ3v) is 5.08. The number of halogens is 1. The van der Waals surface area contributed by atoms with Crippen molar-refractivity contribution in [2.24, 2.45) is 0 Å². The summed E-state index contributed by atoms with van der Waals surface area (Å²) in [6.07, 6.45) is 3.88. The summed E-state index contributed by atoms with van der Waals surface area (Å²) >= 11 is 0. The Morgan fingerprint density at radius 1 is 1.12 bits per heavy atom. The standard InChI is InChI=1S/C21H24FNO/c1-15-5-3-4-6-20(15)21(24)23-16(2)7-13-19(23)14-10-17-8-11-18(22)12-9-17/h3-6,8-9,11-12,16,19H,7,10,13-14H2,1-2H3/t16-,19-/m1/s1. The number of hydrogen-bond donors (Lipinski definition) is 0. The zero-order chi connectivity index (χ0) is 17.1. The summed E-state index contributed by atoms with van der Waals surface area (Å²) in [6.45, 7) is 4.12. The Balaban J connectivity index is 1.72. The summed E-state index contributed by atoms with van der Waals surface area (Å²) in [7, 11) is 0. The Morgan fingerprint density at radius 3 is 2.54 bits per heavy atom. The van der Waals surface area contributed by atoms with E-state index >= 15 is 0 Å². The third kappa shape index (κ3) is 3.50. The van der Waals surface area contributed by atoms with Gasteiger partial charge in [0.25, 0.3) is 5.91 Å². The monoisotopic (exact) mass is 325 g/mol. The lowest BCUT2D eigenvalue weighted by Gasteiger charge is -2.29. The number of amides is 1. The van der Waals surface area contributed by atoms with Gasteiger partial charge in [-0.1, -0.05) is 30.3 Å². The Bertz CT molecular complexity index is 710. The minimum absolute atomic E-state index is 0.141. The quantitative estimate of drug-likeness (QED) is 0.793. The van der Waals surface area contributed by atoms with Crippen LogP contribution in [0.5, 0.6) is 0 Å². The van der Waals surface area contributed by atoms with E-state index in [1.165, 1.54) is 12.1 Å². The molecule has 1 aliphatic heterocycles. The van der Waals surface area contributed by atoms with Gasteiger partial charge in [0.15, 0.2) is 0 Å². The van der Waals surface area contributed by atoms with E-state index in [2.05, 4.69) is 11.8 Å². The van der Waals surface area contributed by atoms with Crippen LogP contribution in [0.4, 0.5) is 4.39 Å². The predicted molar refractivity (Wildman–Crippen MR) is 94.6 cm³/mol. The van der Waals surface area contributed by atoms with E-state index in [0.717, 1.165) is 42.4 Å². The highest BCUT2D eigenvalue weighted by Crippen LogP contribution is 2.29. The van der Waals surface area contributed by atoms with Crippen molar-refractivity contribution < 1.29 is 9.18 Å². The molecule has 0 N–H and O–H groups in total. The maximum Gasteiger partial charge on any atom is 0.254 e. The number of aryl methyl sites for hydroxylation is 2. The molecule has 1 saturated heterocycles. The van der Waals surface area contributed by atoms with E-state index in [1.807, 2.05) is 43.3 Å². The van der Waals surface area contributed by atoms with Gasteiger partial charge in [-0.15, -0.1) is 0 Å². The van der Waals surface area contributed by atoms with Gasteiger partial charge in [-0.25, -0.2) is 4.39 Å². The average Bonchev–Trinajstić information content (AvgIpc) is 2.95. The molecule has 1 fully saturated rings. The summed E-state index contributed by atoms with van der Waals surface area (Å²) in [4.78, 5) is 15.1. The molecule has 0 bridgehead atoms. The highest BCUT2D eigenvalue weighted by atomic mass is 19.1. The number of benzene rings is 2. The molecule has 0 radical (unpaired) electrons. The van der Waals surface area contributed by atoms with Crippen molar-refractivity contribution >= 4 is 5.91 Å². The summed E-state index contributed by atoms with van der Waals surface area (Å²) < 4.78 is 13.0. The van der Waals surface area contributed by atoms with E-state index in [1.54, 1.807) is 0 Å². The maximum atomic E-state index is 13.0. The molecular formula is C21H24FNO. The number of carbonyl (C=O) groups excluding carboxylic acids is 1. The Labute approximate surface area is 143 Å². The number of carbonyl (C=O) groups is 1. The number of hydrogen-bond acceptors (Lipinski definition) is 1. The van der Waals surface area contributed by atoms with Gasteiger partial charge in [0.2, 0.25) is 0 Å². The molecular weight excluding hydrogens is 301 g/mol. The molecule has 126 valence electrons. The molecule has 24 heavy (non-hydrogen) atoms. The van der Waals surface area contributed by atoms with Crippen molar-refractivity contribution in [2.45, 2.75) is 51.6 Å². The highest BCUT2D eigenvalue weighted by Gasteiger charge is 2.34. The van der Waals surface area contributed by atoms with Gasteiger partial charge < -0.3 is 4.90 Å². The van der Waals surface area contributed by atoms with Crippen molar-refractivity contribution in [2.75, 3.05) is 0 Å². The summed E-state index contributed by atoms with van der Waals surface area (Å²) in [6, 6.07) is 15.0. The molecule has 0 aliphatic carbocycles. The molecule has 2 atom stereocenters. The Hall–Kier alpha value is -2.16. The van der Waals surface area contributed by atoms with E-state index in [4.69, 9.17) is 0 Å². The first-order valence-electron chi connectivity index (χ1n) is 8.69. The highest BCUT2D eigenvalue weighted by molar-refractivity contribution is 5.96. The lowest BCUT2D eigenvalue weighted by molar-refractivity contribution is 0.0672. The van der Waals surface area contributed by atoms with Crippen LogP contribution in [0.25, 0.3) is 0 Å². The number of rotatable bonds is 4. The molecule has 2 nitrogen and oxygen atoms in total. The fourth-order valence-electron chi connectivity index (χ4n) is 3.66. The molecule has 2 aromatic carbocycles. The molecule has 3 rings (SSSR count). The third-order valence-electron chi connectivity index (χ3n) is 5.08. The summed E-state index contributed by atoms with van der Waals surface area (Å²) in [5.41, 5.74) is 2.95. The molecule has 2 aromatic rings. The van der Waals surface area contributed by atoms with Crippen molar-refractivity contribution in [3.8, 4) is 0 Å². The molecule has 3 heteroatoms. The lowest BCUT2D eigenvalue weighted by atomic mass is 10.0. The Morgan fingerprint density at radius 2 is 1.83 bits per heavy atom. The van der Waals surface area contributed by atoms with Gasteiger partial charge >= 0.3 is 0 Å². The fourth-order valence-corrected chi connectivity index (χ4v) is 3.66. The predicted octanol–water partition coefficient (Wildman–Crippen LogP) is 4.76. The normalized spacial score (nSPS) is 20.4. The first-order chi connectivity index (χ1) is 11.6. The molecule has 0 spiro atoms. The zero-order valence-electron chi connectivity index (χ0n) is 14.3. The first-order valence-corrected chi connectivity index (χ1v) is 8.69.